The molecule has 2 aromatic rings. The van der Waals surface area contributed by atoms with Gasteiger partial charge in [0.15, 0.2) is 0 Å². The van der Waals surface area contributed by atoms with E-state index in [2.05, 4.69) is 15.3 Å². The molecule has 4 N–H and O–H groups in total. The minimum absolute atomic E-state index is 0. The van der Waals surface area contributed by atoms with E-state index in [-0.39, 0.29) is 30.7 Å². The van der Waals surface area contributed by atoms with Crippen LogP contribution in [0.2, 0.25) is 0 Å². The fraction of sp³-hybridized carbons (Fsp3) is 0.500. The number of nitrogens with two attached hydrogens (primary N) is 1. The van der Waals surface area contributed by atoms with Crippen LogP contribution in [-0.2, 0) is 11.2 Å². The first-order valence-corrected chi connectivity index (χ1v) is 7.68. The van der Waals surface area contributed by atoms with Gasteiger partial charge in [0.05, 0.1) is 16.6 Å². The number of halogens is 2. The van der Waals surface area contributed by atoms with Crippen LogP contribution in [0, 0.1) is 0 Å². The first-order chi connectivity index (χ1) is 10.2. The van der Waals surface area contributed by atoms with E-state index in [0.717, 1.165) is 42.5 Å². The summed E-state index contributed by atoms with van der Waals surface area (Å²) in [4.78, 5) is 20.0. The summed E-state index contributed by atoms with van der Waals surface area (Å²) >= 11 is 0. The highest BCUT2D eigenvalue weighted by Crippen LogP contribution is 2.25. The number of H-pyrrole nitrogens is 1. The second-order valence-corrected chi connectivity index (χ2v) is 5.92. The van der Waals surface area contributed by atoms with Gasteiger partial charge < -0.3 is 16.0 Å². The van der Waals surface area contributed by atoms with Crippen molar-refractivity contribution in [3.05, 3.63) is 30.1 Å². The van der Waals surface area contributed by atoms with Crippen molar-refractivity contribution in [1.29, 1.82) is 0 Å². The van der Waals surface area contributed by atoms with Crippen LogP contribution in [0.25, 0.3) is 11.0 Å². The third kappa shape index (κ3) is 4.59. The number of carbonyl (C=O) groups excluding carboxylic acids is 1. The number of rotatable bonds is 4. The number of para-hydroxylation sites is 2. The molecule has 0 atom stereocenters. The molecule has 0 saturated heterocycles. The van der Waals surface area contributed by atoms with E-state index in [9.17, 15) is 4.79 Å². The van der Waals surface area contributed by atoms with Crippen molar-refractivity contribution in [2.45, 2.75) is 44.1 Å². The maximum absolute atomic E-state index is 12.2. The molecule has 1 saturated carbocycles. The number of nitrogens with one attached hydrogen (secondary N) is 2. The Hall–Kier alpha value is -1.30. The lowest BCUT2D eigenvalue weighted by Gasteiger charge is -2.31. The van der Waals surface area contributed by atoms with Gasteiger partial charge >= 0.3 is 0 Å². The van der Waals surface area contributed by atoms with E-state index in [1.54, 1.807) is 0 Å². The first kappa shape index (κ1) is 19.7. The Kier molecular flexibility index (Phi) is 7.32. The number of hydrogen-bond acceptors (Lipinski definition) is 3. The molecule has 1 heterocycles. The van der Waals surface area contributed by atoms with Gasteiger partial charge in [0.1, 0.15) is 5.82 Å². The minimum Gasteiger partial charge on any atom is -0.354 e. The Morgan fingerprint density at radius 3 is 2.61 bits per heavy atom. The number of carbonyl (C=O) groups is 1. The summed E-state index contributed by atoms with van der Waals surface area (Å²) in [5.41, 5.74) is 7.54. The number of imidazole rings is 1. The van der Waals surface area contributed by atoms with E-state index in [0.29, 0.717) is 13.0 Å². The average Bonchev–Trinajstić information content (AvgIpc) is 2.90. The third-order valence-electron chi connectivity index (χ3n) is 4.28. The predicted octanol–water partition coefficient (Wildman–Crippen LogP) is 2.73. The van der Waals surface area contributed by atoms with Crippen LogP contribution in [0.4, 0.5) is 0 Å². The second kappa shape index (κ2) is 8.52. The van der Waals surface area contributed by atoms with Crippen LogP contribution in [0.1, 0.15) is 37.9 Å². The van der Waals surface area contributed by atoms with Gasteiger partial charge in [-0.05, 0) is 25.0 Å². The highest BCUT2D eigenvalue weighted by molar-refractivity contribution is 5.86. The van der Waals surface area contributed by atoms with Crippen molar-refractivity contribution < 1.29 is 4.79 Å². The molecule has 0 spiro atoms. The summed E-state index contributed by atoms with van der Waals surface area (Å²) < 4.78 is 0. The number of benzene rings is 1. The Labute approximate surface area is 148 Å². The lowest BCUT2D eigenvalue weighted by Crippen LogP contribution is -2.55. The molecule has 0 aliphatic heterocycles. The largest absolute Gasteiger partial charge is 0.354 e. The Balaban J connectivity index is 0.00000132. The maximum Gasteiger partial charge on any atom is 0.240 e. The summed E-state index contributed by atoms with van der Waals surface area (Å²) in [5.74, 6) is 0.879. The average molecular weight is 359 g/mol. The SMILES string of the molecule is Cl.Cl.NC1(C(=O)NCCc2nc3ccccc3[nH]2)CCCCC1. The van der Waals surface area contributed by atoms with Crippen LogP contribution >= 0.6 is 24.8 Å². The number of aromatic amines is 1. The van der Waals surface area contributed by atoms with Crippen LogP contribution in [-0.4, -0.2) is 28.0 Å². The molecule has 1 amide bonds. The van der Waals surface area contributed by atoms with Gasteiger partial charge in [-0.1, -0.05) is 31.4 Å². The maximum atomic E-state index is 12.2. The topological polar surface area (TPSA) is 83.8 Å². The van der Waals surface area contributed by atoms with Gasteiger partial charge in [0, 0.05) is 13.0 Å². The lowest BCUT2D eigenvalue weighted by molar-refractivity contribution is -0.127. The molecular weight excluding hydrogens is 335 g/mol. The molecule has 0 bridgehead atoms. The summed E-state index contributed by atoms with van der Waals surface area (Å²) in [6.07, 6.45) is 5.57. The van der Waals surface area contributed by atoms with Crippen molar-refractivity contribution in [2.75, 3.05) is 6.54 Å². The van der Waals surface area contributed by atoms with Gasteiger partial charge in [-0.25, -0.2) is 4.98 Å². The number of amides is 1. The molecule has 1 aliphatic carbocycles. The standard InChI is InChI=1S/C16H22N4O.2ClH/c17-16(9-4-1-5-10-16)15(21)18-11-8-14-19-12-6-2-3-7-13(12)20-14;;/h2-3,6-7H,1,4-5,8-11,17H2,(H,18,21)(H,19,20);2*1H. The molecule has 1 aliphatic rings. The van der Waals surface area contributed by atoms with Gasteiger partial charge in [-0.2, -0.15) is 0 Å². The Morgan fingerprint density at radius 1 is 1.22 bits per heavy atom. The lowest BCUT2D eigenvalue weighted by atomic mass is 9.82. The van der Waals surface area contributed by atoms with Crippen molar-refractivity contribution in [1.82, 2.24) is 15.3 Å². The zero-order valence-corrected chi connectivity index (χ0v) is 14.6. The van der Waals surface area contributed by atoms with Crippen molar-refractivity contribution in [3.8, 4) is 0 Å². The summed E-state index contributed by atoms with van der Waals surface area (Å²) in [6.45, 7) is 0.567. The van der Waals surface area contributed by atoms with Gasteiger partial charge in [-0.3, -0.25) is 4.79 Å². The molecule has 3 rings (SSSR count). The molecule has 0 unspecified atom stereocenters. The zero-order chi connectivity index (χ0) is 14.7. The van der Waals surface area contributed by atoms with Crippen molar-refractivity contribution in [3.63, 3.8) is 0 Å². The second-order valence-electron chi connectivity index (χ2n) is 5.92. The molecule has 0 radical (unpaired) electrons. The monoisotopic (exact) mass is 358 g/mol. The number of fused-ring (bicyclic) bond motifs is 1. The van der Waals surface area contributed by atoms with E-state index >= 15 is 0 Å². The van der Waals surface area contributed by atoms with Crippen molar-refractivity contribution in [2.24, 2.45) is 5.73 Å². The number of hydrogen-bond donors (Lipinski definition) is 3. The van der Waals surface area contributed by atoms with Gasteiger partial charge in [-0.15, -0.1) is 24.8 Å². The quantitative estimate of drug-likeness (QED) is 0.785. The normalized spacial score (nSPS) is 16.2. The molecular formula is C16H24Cl2N4O. The predicted molar refractivity (Wildman–Crippen MR) is 97.3 cm³/mol. The highest BCUT2D eigenvalue weighted by atomic mass is 35.5. The fourth-order valence-electron chi connectivity index (χ4n) is 3.00. The first-order valence-electron chi connectivity index (χ1n) is 7.68. The smallest absolute Gasteiger partial charge is 0.240 e. The van der Waals surface area contributed by atoms with E-state index < -0.39 is 5.54 Å². The van der Waals surface area contributed by atoms with Crippen LogP contribution in [0.3, 0.4) is 0 Å². The minimum atomic E-state index is -0.661. The van der Waals surface area contributed by atoms with Crippen LogP contribution < -0.4 is 11.1 Å². The van der Waals surface area contributed by atoms with Gasteiger partial charge in [0.25, 0.3) is 0 Å². The van der Waals surface area contributed by atoms with Gasteiger partial charge in [0.2, 0.25) is 5.91 Å². The Morgan fingerprint density at radius 2 is 1.91 bits per heavy atom. The molecule has 128 valence electrons. The molecule has 1 aromatic carbocycles. The third-order valence-corrected chi connectivity index (χ3v) is 4.28. The van der Waals surface area contributed by atoms with E-state index in [1.165, 1.54) is 6.42 Å². The van der Waals surface area contributed by atoms with Crippen LogP contribution in [0.5, 0.6) is 0 Å². The molecule has 1 aromatic heterocycles. The van der Waals surface area contributed by atoms with Crippen LogP contribution in [0.15, 0.2) is 24.3 Å². The summed E-state index contributed by atoms with van der Waals surface area (Å²) in [7, 11) is 0. The molecule has 7 heteroatoms. The van der Waals surface area contributed by atoms with Crippen molar-refractivity contribution >= 4 is 41.8 Å². The molecule has 5 nitrogen and oxygen atoms in total. The van der Waals surface area contributed by atoms with E-state index in [4.69, 9.17) is 5.73 Å². The number of nitrogens with zero attached hydrogens (tertiary/aromatic N) is 1. The Bertz CT molecular complexity index is 605. The van der Waals surface area contributed by atoms with E-state index in [1.807, 2.05) is 24.3 Å². The zero-order valence-electron chi connectivity index (χ0n) is 13.0. The number of aromatic nitrogens is 2. The highest BCUT2D eigenvalue weighted by Gasteiger charge is 2.34. The summed E-state index contributed by atoms with van der Waals surface area (Å²) in [6, 6.07) is 7.93. The summed E-state index contributed by atoms with van der Waals surface area (Å²) in [5, 5.41) is 2.96. The molecule has 23 heavy (non-hydrogen) atoms. The fourth-order valence-corrected chi connectivity index (χ4v) is 3.00. The molecule has 1 fully saturated rings.